The van der Waals surface area contributed by atoms with Crippen LogP contribution in [-0.4, -0.2) is 33.4 Å². The Bertz CT molecular complexity index is 1040. The Morgan fingerprint density at radius 1 is 1.20 bits per heavy atom. The van der Waals surface area contributed by atoms with Gasteiger partial charge in [0.2, 0.25) is 23.5 Å². The van der Waals surface area contributed by atoms with Crippen LogP contribution in [-0.2, 0) is 22.6 Å². The summed E-state index contributed by atoms with van der Waals surface area (Å²) < 4.78 is 5.27. The van der Waals surface area contributed by atoms with Gasteiger partial charge in [-0.1, -0.05) is 47.1 Å². The van der Waals surface area contributed by atoms with Crippen LogP contribution in [0, 0.1) is 6.92 Å². The molecule has 1 aliphatic rings. The zero-order valence-electron chi connectivity index (χ0n) is 16.9. The molecule has 0 spiro atoms. The highest BCUT2D eigenvalue weighted by Crippen LogP contribution is 2.19. The fourth-order valence-corrected chi connectivity index (χ4v) is 3.46. The maximum Gasteiger partial charge on any atom is 0.227 e. The zero-order chi connectivity index (χ0) is 20.9. The Kier molecular flexibility index (Phi) is 5.88. The summed E-state index contributed by atoms with van der Waals surface area (Å²) in [6, 6.07) is 15.5. The number of nitrogens with zero attached hydrogens (tertiary/aromatic N) is 3. The predicted octanol–water partition coefficient (Wildman–Crippen LogP) is 3.74. The molecule has 3 aromatic rings. The summed E-state index contributed by atoms with van der Waals surface area (Å²) in [6.45, 7) is 3.39. The van der Waals surface area contributed by atoms with E-state index in [4.69, 9.17) is 4.52 Å². The van der Waals surface area contributed by atoms with E-state index >= 15 is 0 Å². The first-order valence-corrected chi connectivity index (χ1v) is 10.1. The van der Waals surface area contributed by atoms with Gasteiger partial charge in [0.1, 0.15) is 0 Å². The van der Waals surface area contributed by atoms with Crippen LogP contribution in [0.25, 0.3) is 11.4 Å². The smallest absolute Gasteiger partial charge is 0.227 e. The molecule has 2 amide bonds. The van der Waals surface area contributed by atoms with Gasteiger partial charge in [-0.15, -0.1) is 0 Å². The van der Waals surface area contributed by atoms with Gasteiger partial charge in [0.25, 0.3) is 0 Å². The highest BCUT2D eigenvalue weighted by molar-refractivity contribution is 5.90. The van der Waals surface area contributed by atoms with Crippen molar-refractivity contribution in [1.29, 1.82) is 0 Å². The zero-order valence-corrected chi connectivity index (χ0v) is 16.9. The van der Waals surface area contributed by atoms with E-state index in [2.05, 4.69) is 15.5 Å². The van der Waals surface area contributed by atoms with E-state index in [1.54, 1.807) is 0 Å². The van der Waals surface area contributed by atoms with Crippen molar-refractivity contribution in [3.8, 4) is 11.4 Å². The van der Waals surface area contributed by atoms with E-state index in [1.165, 1.54) is 0 Å². The van der Waals surface area contributed by atoms with Gasteiger partial charge < -0.3 is 14.7 Å². The van der Waals surface area contributed by atoms with Crippen molar-refractivity contribution in [2.45, 2.75) is 39.2 Å². The first-order valence-electron chi connectivity index (χ1n) is 10.1. The van der Waals surface area contributed by atoms with Crippen LogP contribution in [0.15, 0.2) is 53.1 Å². The van der Waals surface area contributed by atoms with Gasteiger partial charge in [-0.05, 0) is 31.0 Å². The van der Waals surface area contributed by atoms with E-state index in [9.17, 15) is 9.59 Å². The third kappa shape index (κ3) is 4.92. The summed E-state index contributed by atoms with van der Waals surface area (Å²) in [6.07, 6.45) is 2.14. The Labute approximate surface area is 175 Å². The van der Waals surface area contributed by atoms with Crippen LogP contribution in [0.2, 0.25) is 0 Å². The number of hydrogen-bond acceptors (Lipinski definition) is 5. The molecule has 0 radical (unpaired) electrons. The van der Waals surface area contributed by atoms with Gasteiger partial charge >= 0.3 is 0 Å². The second-order valence-corrected chi connectivity index (χ2v) is 7.55. The van der Waals surface area contributed by atoms with Crippen molar-refractivity contribution in [2.75, 3.05) is 11.9 Å². The van der Waals surface area contributed by atoms with Crippen molar-refractivity contribution < 1.29 is 14.1 Å². The van der Waals surface area contributed by atoms with E-state index in [0.717, 1.165) is 35.3 Å². The lowest BCUT2D eigenvalue weighted by molar-refractivity contribution is -0.128. The number of anilines is 1. The number of aryl methyl sites for hydroxylation is 2. The second-order valence-electron chi connectivity index (χ2n) is 7.55. The largest absolute Gasteiger partial charge is 0.339 e. The van der Waals surface area contributed by atoms with E-state index in [1.807, 2.05) is 60.4 Å². The van der Waals surface area contributed by atoms with Crippen LogP contribution in [0.3, 0.4) is 0 Å². The Morgan fingerprint density at radius 3 is 2.80 bits per heavy atom. The molecule has 7 nitrogen and oxygen atoms in total. The molecule has 0 aliphatic carbocycles. The molecule has 1 saturated heterocycles. The van der Waals surface area contributed by atoms with Crippen LogP contribution in [0.4, 0.5) is 5.69 Å². The highest BCUT2D eigenvalue weighted by atomic mass is 16.5. The lowest BCUT2D eigenvalue weighted by Crippen LogP contribution is -2.23. The van der Waals surface area contributed by atoms with Crippen LogP contribution < -0.4 is 5.32 Å². The van der Waals surface area contributed by atoms with E-state index < -0.39 is 0 Å². The minimum atomic E-state index is -0.125. The number of rotatable bonds is 7. The average molecular weight is 404 g/mol. The quantitative estimate of drug-likeness (QED) is 0.648. The molecular weight excluding hydrogens is 380 g/mol. The molecule has 7 heteroatoms. The number of benzene rings is 2. The first-order chi connectivity index (χ1) is 14.6. The lowest BCUT2D eigenvalue weighted by atomic mass is 10.1. The van der Waals surface area contributed by atoms with E-state index in [0.29, 0.717) is 31.1 Å². The number of carbonyl (C=O) groups is 2. The third-order valence-corrected chi connectivity index (χ3v) is 5.10. The fourth-order valence-electron chi connectivity index (χ4n) is 3.46. The molecule has 30 heavy (non-hydrogen) atoms. The van der Waals surface area contributed by atoms with Gasteiger partial charge in [0, 0.05) is 43.6 Å². The Morgan fingerprint density at radius 2 is 2.03 bits per heavy atom. The molecular formula is C23H24N4O3. The van der Waals surface area contributed by atoms with Gasteiger partial charge in [-0.2, -0.15) is 4.98 Å². The van der Waals surface area contributed by atoms with Crippen molar-refractivity contribution >= 4 is 17.5 Å². The molecule has 0 bridgehead atoms. The molecule has 1 aromatic heterocycles. The number of hydrogen-bond donors (Lipinski definition) is 1. The minimum Gasteiger partial charge on any atom is -0.339 e. The SMILES string of the molecule is Cc1ccc(-c2noc(CCC(=O)Nc3cccc(CN4CCCC4=O)c3)n2)cc1. The summed E-state index contributed by atoms with van der Waals surface area (Å²) in [5.41, 5.74) is 3.77. The summed E-state index contributed by atoms with van der Waals surface area (Å²) in [5.74, 6) is 1.02. The topological polar surface area (TPSA) is 88.3 Å². The fraction of sp³-hybridized carbons (Fsp3) is 0.304. The summed E-state index contributed by atoms with van der Waals surface area (Å²) in [7, 11) is 0. The maximum atomic E-state index is 12.3. The first kappa shape index (κ1) is 19.8. The highest BCUT2D eigenvalue weighted by Gasteiger charge is 2.20. The van der Waals surface area contributed by atoms with Gasteiger partial charge in [-0.25, -0.2) is 0 Å². The van der Waals surface area contributed by atoms with E-state index in [-0.39, 0.29) is 18.2 Å². The molecule has 1 fully saturated rings. The lowest BCUT2D eigenvalue weighted by Gasteiger charge is -2.16. The number of nitrogens with one attached hydrogen (secondary N) is 1. The van der Waals surface area contributed by atoms with Crippen molar-refractivity contribution in [1.82, 2.24) is 15.0 Å². The predicted molar refractivity (Wildman–Crippen MR) is 113 cm³/mol. The second kappa shape index (κ2) is 8.90. The van der Waals surface area contributed by atoms with Crippen LogP contribution in [0.5, 0.6) is 0 Å². The van der Waals surface area contributed by atoms with Crippen molar-refractivity contribution in [3.05, 3.63) is 65.5 Å². The molecule has 0 atom stereocenters. The average Bonchev–Trinajstić information content (AvgIpc) is 3.37. The maximum absolute atomic E-state index is 12.3. The molecule has 2 aromatic carbocycles. The monoisotopic (exact) mass is 404 g/mol. The normalized spacial score (nSPS) is 13.6. The Hall–Kier alpha value is -3.48. The van der Waals surface area contributed by atoms with Gasteiger partial charge in [-0.3, -0.25) is 9.59 Å². The molecule has 0 saturated carbocycles. The van der Waals surface area contributed by atoms with Gasteiger partial charge in [0.05, 0.1) is 0 Å². The molecule has 2 heterocycles. The summed E-state index contributed by atoms with van der Waals surface area (Å²) in [5, 5.41) is 6.90. The Balaban J connectivity index is 1.30. The standard InChI is InChI=1S/C23H24N4O3/c1-16-7-9-18(10-8-16)23-25-21(30-26-23)12-11-20(28)24-19-5-2-4-17(14-19)15-27-13-3-6-22(27)29/h2,4-5,7-10,14H,3,6,11-13,15H2,1H3,(H,24,28). The number of likely N-dealkylation sites (tertiary alicyclic amines) is 1. The number of amides is 2. The molecule has 154 valence electrons. The molecule has 4 rings (SSSR count). The minimum absolute atomic E-state index is 0.125. The summed E-state index contributed by atoms with van der Waals surface area (Å²) >= 11 is 0. The molecule has 1 N–H and O–H groups in total. The molecule has 1 aliphatic heterocycles. The molecule has 0 unspecified atom stereocenters. The van der Waals surface area contributed by atoms with Crippen LogP contribution >= 0.6 is 0 Å². The number of aromatic nitrogens is 2. The summed E-state index contributed by atoms with van der Waals surface area (Å²) in [4.78, 5) is 30.4. The van der Waals surface area contributed by atoms with Crippen molar-refractivity contribution in [2.24, 2.45) is 0 Å². The third-order valence-electron chi connectivity index (χ3n) is 5.10. The number of carbonyl (C=O) groups excluding carboxylic acids is 2. The van der Waals surface area contributed by atoms with Crippen molar-refractivity contribution in [3.63, 3.8) is 0 Å². The van der Waals surface area contributed by atoms with Gasteiger partial charge in [0.15, 0.2) is 0 Å². The van der Waals surface area contributed by atoms with Crippen LogP contribution in [0.1, 0.15) is 36.3 Å².